The molecule has 9 heteroatoms. The average molecular weight is 740 g/mol. The van der Waals surface area contributed by atoms with Crippen molar-refractivity contribution in [1.29, 1.82) is 0 Å². The first kappa shape index (κ1) is 44.5. The van der Waals surface area contributed by atoms with Crippen LogP contribution in [0.4, 0.5) is 11.4 Å². The average Bonchev–Trinajstić information content (AvgIpc) is 2.98. The fourth-order valence-corrected chi connectivity index (χ4v) is 5.16. The van der Waals surface area contributed by atoms with E-state index in [1.807, 2.05) is 36.4 Å². The first-order valence-corrected chi connectivity index (χ1v) is 16.7. The van der Waals surface area contributed by atoms with E-state index in [1.165, 1.54) is 11.1 Å². The second-order valence-corrected chi connectivity index (χ2v) is 15.0. The van der Waals surface area contributed by atoms with Gasteiger partial charge in [0.1, 0.15) is 11.5 Å². The van der Waals surface area contributed by atoms with Crippen LogP contribution in [-0.4, -0.2) is 34.6 Å². The molecule has 4 aromatic carbocycles. The summed E-state index contributed by atoms with van der Waals surface area (Å²) in [5.41, 5.74) is 6.69. The van der Waals surface area contributed by atoms with Crippen LogP contribution < -0.4 is 10.2 Å². The molecule has 2 N–H and O–H groups in total. The Hall–Kier alpha value is -4.47. The van der Waals surface area contributed by atoms with E-state index in [-0.39, 0.29) is 39.1 Å². The number of hydrogen-bond donors (Lipinski definition) is 2. The van der Waals surface area contributed by atoms with E-state index in [0.717, 1.165) is 47.1 Å². The zero-order valence-corrected chi connectivity index (χ0v) is 32.9. The van der Waals surface area contributed by atoms with Crippen molar-refractivity contribution >= 4 is 46.5 Å². The first-order valence-electron chi connectivity index (χ1n) is 16.7. The molecule has 4 rings (SSSR count). The van der Waals surface area contributed by atoms with Crippen molar-refractivity contribution in [2.24, 2.45) is 9.98 Å². The van der Waals surface area contributed by atoms with E-state index >= 15 is 0 Å². The Bertz CT molecular complexity index is 1740. The molecule has 0 aromatic heterocycles. The van der Waals surface area contributed by atoms with Crippen molar-refractivity contribution in [1.82, 2.24) is 0 Å². The van der Waals surface area contributed by atoms with Crippen LogP contribution in [0.15, 0.2) is 70.6 Å². The van der Waals surface area contributed by atoms with Crippen LogP contribution in [0, 0.1) is 0 Å². The monoisotopic (exact) mass is 739 g/mol. The quantitative estimate of drug-likeness (QED) is 0.191. The molecule has 0 bridgehead atoms. The van der Waals surface area contributed by atoms with Crippen LogP contribution in [-0.2, 0) is 37.2 Å². The normalized spacial score (nSPS) is 11.6. The predicted molar refractivity (Wildman–Crippen MR) is 202 cm³/mol. The smallest absolute Gasteiger partial charge is 0.550 e. The Kier molecular flexibility index (Phi) is 16.3. The van der Waals surface area contributed by atoms with Crippen LogP contribution in [0.5, 0.6) is 11.5 Å². The molecule has 0 aliphatic heterocycles. The second kappa shape index (κ2) is 18.7. The van der Waals surface area contributed by atoms with Crippen LogP contribution in [0.3, 0.4) is 0 Å². The SMILES string of the molecule is CC(=O)[O-].CC(=O)[O-].CC(C)c1cc(C=Nc2cccc3cccc(N=Cc4cc(C(C)C)cc(C(C)(C)C)c4O)c23)c(O)c(C(C)(C)C)c1.[Co+2]. The van der Waals surface area contributed by atoms with Crippen LogP contribution in [0.2, 0.25) is 0 Å². The third kappa shape index (κ3) is 13.0. The topological polar surface area (TPSA) is 145 Å². The van der Waals surface area contributed by atoms with E-state index < -0.39 is 11.9 Å². The zero-order valence-electron chi connectivity index (χ0n) is 31.8. The number of benzene rings is 4. The number of carbonyl (C=O) groups excluding carboxylic acids is 2. The molecule has 4 aromatic rings. The number of rotatable bonds is 6. The molecular weight excluding hydrogens is 687 g/mol. The number of carboxylic acids is 2. The van der Waals surface area contributed by atoms with Gasteiger partial charge in [-0.1, -0.05) is 106 Å². The summed E-state index contributed by atoms with van der Waals surface area (Å²) in [7, 11) is 0. The van der Waals surface area contributed by atoms with Gasteiger partial charge >= 0.3 is 16.8 Å². The van der Waals surface area contributed by atoms with Crippen molar-refractivity contribution in [2.45, 2.75) is 106 Å². The minimum Gasteiger partial charge on any atom is -0.550 e. The Morgan fingerprint density at radius 1 is 0.647 bits per heavy atom. The summed E-state index contributed by atoms with van der Waals surface area (Å²) < 4.78 is 0. The number of phenols is 2. The van der Waals surface area contributed by atoms with Gasteiger partial charge in [0.2, 0.25) is 0 Å². The third-order valence-corrected chi connectivity index (χ3v) is 7.82. The number of carbonyl (C=O) groups is 2. The molecule has 0 unspecified atom stereocenters. The maximum Gasteiger partial charge on any atom is 2.00 e. The van der Waals surface area contributed by atoms with Crippen molar-refractivity contribution < 1.29 is 46.8 Å². The minimum absolute atomic E-state index is 0. The van der Waals surface area contributed by atoms with Crippen LogP contribution in [0.1, 0.15) is 128 Å². The van der Waals surface area contributed by atoms with Gasteiger partial charge in [0.15, 0.2) is 0 Å². The van der Waals surface area contributed by atoms with Gasteiger partial charge in [-0.25, -0.2) is 0 Å². The molecule has 0 saturated carbocycles. The summed E-state index contributed by atoms with van der Waals surface area (Å²) in [4.78, 5) is 27.6. The van der Waals surface area contributed by atoms with Crippen molar-refractivity contribution in [2.75, 3.05) is 0 Å². The van der Waals surface area contributed by atoms with Gasteiger partial charge in [0.25, 0.3) is 0 Å². The number of aromatic hydroxyl groups is 2. The molecular formula is C42H52CoN2O6. The maximum absolute atomic E-state index is 11.2. The minimum atomic E-state index is -1.08. The fraction of sp³-hybridized carbons (Fsp3) is 0.381. The van der Waals surface area contributed by atoms with Gasteiger partial charge in [0, 0.05) is 52.0 Å². The molecule has 0 heterocycles. The molecule has 51 heavy (non-hydrogen) atoms. The first-order chi connectivity index (χ1) is 23.0. The Morgan fingerprint density at radius 2 is 0.961 bits per heavy atom. The largest absolute Gasteiger partial charge is 2.00 e. The maximum atomic E-state index is 11.2. The van der Waals surface area contributed by atoms with Gasteiger partial charge in [-0.05, 0) is 77.3 Å². The standard InChI is InChI=1S/C38H46N2O2.2C2H4O2.Co/c1-23(2)26-17-28(35(41)30(19-26)37(5,6)7)21-39-32-15-11-13-25-14-12-16-33(34(25)32)40-22-29-18-27(24(3)4)20-31(36(29)42)38(8,9)10;2*1-2(3)4;/h11-24,41-42H,1-10H3;2*1H3,(H,3,4);/q;;;+2/p-2. The van der Waals surface area contributed by atoms with Gasteiger partial charge in [-0.2, -0.15) is 0 Å². The number of carboxylic acid groups (broad SMARTS) is 2. The number of phenolic OH excluding ortho intramolecular Hbond substituents is 2. The number of fused-ring (bicyclic) bond motifs is 1. The summed E-state index contributed by atoms with van der Waals surface area (Å²) in [5, 5.41) is 42.1. The fourth-order valence-electron chi connectivity index (χ4n) is 5.16. The van der Waals surface area contributed by atoms with E-state index in [1.54, 1.807) is 12.4 Å². The molecule has 0 atom stereocenters. The molecule has 1 radical (unpaired) electrons. The molecule has 0 aliphatic rings. The predicted octanol–water partition coefficient (Wildman–Crippen LogP) is 8.10. The number of nitrogens with zero attached hydrogens (tertiary/aromatic N) is 2. The van der Waals surface area contributed by atoms with Crippen molar-refractivity contribution in [3.63, 3.8) is 0 Å². The Morgan fingerprint density at radius 3 is 1.24 bits per heavy atom. The second-order valence-electron chi connectivity index (χ2n) is 15.0. The third-order valence-electron chi connectivity index (χ3n) is 7.82. The summed E-state index contributed by atoms with van der Waals surface area (Å²) in [5.74, 6) is -0.989. The Labute approximate surface area is 313 Å². The number of hydrogen-bond acceptors (Lipinski definition) is 8. The van der Waals surface area contributed by atoms with E-state index in [0.29, 0.717) is 23.0 Å². The molecule has 0 amide bonds. The molecule has 8 nitrogen and oxygen atoms in total. The summed E-state index contributed by atoms with van der Waals surface area (Å²) in [6.07, 6.45) is 3.53. The number of aliphatic carboxylic acids is 2. The molecule has 0 spiro atoms. The molecule has 0 aliphatic carbocycles. The molecule has 0 saturated heterocycles. The Balaban J connectivity index is 0.00000131. The molecule has 0 fully saturated rings. The van der Waals surface area contributed by atoms with E-state index in [9.17, 15) is 10.2 Å². The van der Waals surface area contributed by atoms with Crippen LogP contribution in [0.25, 0.3) is 10.8 Å². The van der Waals surface area contributed by atoms with Gasteiger partial charge in [-0.3, -0.25) is 9.98 Å². The molecule has 275 valence electrons. The summed E-state index contributed by atoms with van der Waals surface area (Å²) in [6, 6.07) is 20.3. The van der Waals surface area contributed by atoms with Gasteiger partial charge in [0.05, 0.1) is 11.4 Å². The summed E-state index contributed by atoms with van der Waals surface area (Å²) in [6.45, 7) is 23.3. The number of aliphatic imine (C=N–C) groups is 2. The van der Waals surface area contributed by atoms with Crippen molar-refractivity contribution in [3.05, 3.63) is 94.0 Å². The summed E-state index contributed by atoms with van der Waals surface area (Å²) >= 11 is 0. The van der Waals surface area contributed by atoms with Crippen molar-refractivity contribution in [3.8, 4) is 11.5 Å². The van der Waals surface area contributed by atoms with Crippen LogP contribution >= 0.6 is 0 Å². The van der Waals surface area contributed by atoms with E-state index in [2.05, 4.69) is 93.5 Å². The van der Waals surface area contributed by atoms with Gasteiger partial charge < -0.3 is 30.0 Å². The van der Waals surface area contributed by atoms with Gasteiger partial charge in [-0.15, -0.1) is 0 Å². The van der Waals surface area contributed by atoms with E-state index in [4.69, 9.17) is 29.8 Å². The zero-order chi connectivity index (χ0) is 38.1.